The average Bonchev–Trinajstić information content (AvgIpc) is 3.26. The minimum atomic E-state index is -2.82. The van der Waals surface area contributed by atoms with Crippen molar-refractivity contribution in [3.63, 3.8) is 0 Å². The maximum Gasteiger partial charge on any atom is -1.00 e. The molecule has 0 spiro atoms. The van der Waals surface area contributed by atoms with E-state index in [1.807, 2.05) is 0 Å². The molecule has 3 aliphatic rings. The van der Waals surface area contributed by atoms with Gasteiger partial charge in [-0.05, 0) is 0 Å². The molecule has 0 aromatic heterocycles. The second-order valence-electron chi connectivity index (χ2n) is 10.5. The predicted molar refractivity (Wildman–Crippen MR) is 128 cm³/mol. The van der Waals surface area contributed by atoms with E-state index in [4.69, 9.17) is 0 Å². The minimum absolute atomic E-state index is 0. The van der Waals surface area contributed by atoms with Gasteiger partial charge in [0.15, 0.2) is 0 Å². The fourth-order valence-electron chi connectivity index (χ4n) is 7.43. The fourth-order valence-corrected chi connectivity index (χ4v) is 24.4. The third kappa shape index (κ3) is 3.95. The Hall–Kier alpha value is -0.617. The van der Waals surface area contributed by atoms with Gasteiger partial charge < -0.3 is 24.8 Å². The van der Waals surface area contributed by atoms with Gasteiger partial charge in [-0.1, -0.05) is 0 Å². The zero-order valence-electron chi connectivity index (χ0n) is 20.1. The Morgan fingerprint density at radius 3 is 1.53 bits per heavy atom. The van der Waals surface area contributed by atoms with Crippen LogP contribution >= 0.6 is 0 Å². The molecule has 2 unspecified atom stereocenters. The van der Waals surface area contributed by atoms with E-state index in [9.17, 15) is 0 Å². The molecule has 0 N–H and O–H groups in total. The van der Waals surface area contributed by atoms with Crippen LogP contribution < -0.4 is 24.8 Å². The zero-order valence-corrected chi connectivity index (χ0v) is 24.1. The number of benzene rings is 2. The van der Waals surface area contributed by atoms with Crippen molar-refractivity contribution in [2.45, 2.75) is 75.3 Å². The number of halogens is 2. The van der Waals surface area contributed by atoms with Crippen LogP contribution in [0.2, 0.25) is 8.26 Å². The van der Waals surface area contributed by atoms with E-state index < -0.39 is 20.3 Å². The van der Waals surface area contributed by atoms with Gasteiger partial charge in [0, 0.05) is 0 Å². The Kier molecular flexibility index (Phi) is 8.07. The Bertz CT molecular complexity index is 985. The molecule has 0 aliphatic heterocycles. The summed E-state index contributed by atoms with van der Waals surface area (Å²) in [7, 11) is 0. The van der Waals surface area contributed by atoms with Crippen LogP contribution in [-0.2, 0) is 20.3 Å². The topological polar surface area (TPSA) is 0 Å². The maximum absolute atomic E-state index is 2.86. The molecule has 32 heavy (non-hydrogen) atoms. The van der Waals surface area contributed by atoms with Crippen molar-refractivity contribution in [3.8, 4) is 0 Å². The second-order valence-corrected chi connectivity index (χ2v) is 22.1. The van der Waals surface area contributed by atoms with E-state index in [1.54, 1.807) is 33.4 Å². The molecular weight excluding hydrogens is 510 g/mol. The Labute approximate surface area is 212 Å². The molecule has 2 aromatic rings. The monoisotopic (exact) mass is 544 g/mol. The summed E-state index contributed by atoms with van der Waals surface area (Å²) in [6.07, 6.45) is 12.4. The van der Waals surface area contributed by atoms with Gasteiger partial charge in [-0.25, -0.2) is 0 Å². The minimum Gasteiger partial charge on any atom is -1.00 e. The number of hydrogen-bond acceptors (Lipinski definition) is 0. The van der Waals surface area contributed by atoms with Crippen molar-refractivity contribution >= 4 is 12.2 Å². The molecule has 0 heterocycles. The third-order valence-corrected chi connectivity index (χ3v) is 24.3. The molecule has 0 nitrogen and oxygen atoms in total. The summed E-state index contributed by atoms with van der Waals surface area (Å²) in [6, 6.07) is 14.2. The number of hydrogen-bond donors (Lipinski definition) is 0. The summed E-state index contributed by atoms with van der Waals surface area (Å²) in [6.45, 7) is 9.51. The fraction of sp³-hybridized carbons (Fsp3) is 0.448. The van der Waals surface area contributed by atoms with E-state index in [-0.39, 0.29) is 24.8 Å². The zero-order chi connectivity index (χ0) is 21.0. The van der Waals surface area contributed by atoms with Gasteiger partial charge in [-0.15, -0.1) is 0 Å². The Balaban J connectivity index is 0.00000144. The van der Waals surface area contributed by atoms with Gasteiger partial charge in [0.25, 0.3) is 0 Å². The predicted octanol–water partition coefficient (Wildman–Crippen LogP) is 2.88. The quantitative estimate of drug-likeness (QED) is 0.556. The van der Waals surface area contributed by atoms with Crippen LogP contribution in [0.3, 0.4) is 0 Å². The van der Waals surface area contributed by atoms with E-state index in [2.05, 4.69) is 80.9 Å². The maximum atomic E-state index is 2.86. The summed E-state index contributed by atoms with van der Waals surface area (Å²) >= 11 is -2.82. The SMILES string of the molecule is CC1=Cc2c(C)cccc2[CH]1[Zr+2]([CH3])([CH]1CCCCC1)[CH]1C(C)=Cc2c(C)cccc21.[Cl-].[Cl-]. The van der Waals surface area contributed by atoms with E-state index in [0.717, 1.165) is 10.9 Å². The number of aryl methyl sites for hydroxylation is 2. The standard InChI is InChI=1S/2C11H11.C6H11.CH3.2ClH.Zr/c2*1-8-6-10-5-3-4-9(2)11(10)7-8;1-2-4-6-5-3-1;;;;/h2*3-7H,1-2H3;1H,2-6H2;1H3;2*1H;/q;;;;;;+2/p-2. The van der Waals surface area contributed by atoms with Gasteiger partial charge in [-0.2, -0.15) is 0 Å². The molecule has 3 aliphatic carbocycles. The molecule has 5 rings (SSSR count). The summed E-state index contributed by atoms with van der Waals surface area (Å²) in [5, 5.41) is 0. The van der Waals surface area contributed by atoms with Crippen LogP contribution in [0.25, 0.3) is 12.2 Å². The first kappa shape index (κ1) is 26.0. The second kappa shape index (κ2) is 9.94. The van der Waals surface area contributed by atoms with E-state index in [0.29, 0.717) is 0 Å². The van der Waals surface area contributed by atoms with Crippen molar-refractivity contribution in [1.29, 1.82) is 0 Å². The van der Waals surface area contributed by atoms with Gasteiger partial charge in [0.1, 0.15) is 0 Å². The van der Waals surface area contributed by atoms with Gasteiger partial charge in [0.05, 0.1) is 0 Å². The van der Waals surface area contributed by atoms with Crippen LogP contribution in [0, 0.1) is 13.8 Å². The smallest absolute Gasteiger partial charge is 1.00 e. The van der Waals surface area contributed by atoms with Crippen LogP contribution in [0.5, 0.6) is 0 Å². The first-order chi connectivity index (χ1) is 14.4. The normalized spacial score (nSPS) is 22.8. The van der Waals surface area contributed by atoms with Crippen LogP contribution in [-0.4, -0.2) is 0 Å². The van der Waals surface area contributed by atoms with Crippen molar-refractivity contribution in [1.82, 2.24) is 0 Å². The van der Waals surface area contributed by atoms with Crippen molar-refractivity contribution < 1.29 is 45.1 Å². The van der Waals surface area contributed by atoms with E-state index >= 15 is 0 Å². The van der Waals surface area contributed by atoms with Crippen molar-refractivity contribution in [3.05, 3.63) is 80.9 Å². The van der Waals surface area contributed by atoms with Crippen molar-refractivity contribution in [2.24, 2.45) is 0 Å². The Morgan fingerprint density at radius 1 is 0.656 bits per heavy atom. The van der Waals surface area contributed by atoms with Gasteiger partial charge in [-0.3, -0.25) is 0 Å². The molecule has 3 heteroatoms. The van der Waals surface area contributed by atoms with Crippen molar-refractivity contribution in [2.75, 3.05) is 0 Å². The molecule has 0 bridgehead atoms. The molecule has 1 saturated carbocycles. The molecule has 0 saturated heterocycles. The van der Waals surface area contributed by atoms with Crippen LogP contribution in [0.4, 0.5) is 0 Å². The summed E-state index contributed by atoms with van der Waals surface area (Å²) in [5.74, 6) is 0. The first-order valence-electron chi connectivity index (χ1n) is 12.0. The van der Waals surface area contributed by atoms with Gasteiger partial charge in [0.2, 0.25) is 0 Å². The number of rotatable bonds is 3. The molecule has 2 atom stereocenters. The molecule has 2 aromatic carbocycles. The molecule has 0 amide bonds. The third-order valence-electron chi connectivity index (χ3n) is 8.72. The van der Waals surface area contributed by atoms with Crippen LogP contribution in [0.15, 0.2) is 47.5 Å². The molecular formula is C29H36Cl2Zr. The molecule has 170 valence electrons. The first-order valence-corrected chi connectivity index (χ1v) is 18.7. The molecule has 1 fully saturated rings. The number of fused-ring (bicyclic) bond motifs is 2. The van der Waals surface area contributed by atoms with E-state index in [1.165, 1.54) is 43.2 Å². The van der Waals surface area contributed by atoms with Crippen LogP contribution in [0.1, 0.15) is 86.6 Å². The largest absolute Gasteiger partial charge is 1.00 e. The average molecular weight is 547 g/mol. The number of allylic oxidation sites excluding steroid dienone is 2. The molecule has 0 radical (unpaired) electrons. The Morgan fingerprint density at radius 2 is 1.09 bits per heavy atom. The summed E-state index contributed by atoms with van der Waals surface area (Å²) in [4.78, 5) is 0. The van der Waals surface area contributed by atoms with Gasteiger partial charge >= 0.3 is 189 Å². The summed E-state index contributed by atoms with van der Waals surface area (Å²) < 4.78 is 5.28. The summed E-state index contributed by atoms with van der Waals surface area (Å²) in [5.41, 5.74) is 12.7.